The molecule has 0 aromatic heterocycles. The molecule has 0 spiro atoms. The third-order valence-corrected chi connectivity index (χ3v) is 3.67. The largest absolute Gasteiger partial charge is 0.349 e. The van der Waals surface area contributed by atoms with Crippen molar-refractivity contribution in [1.82, 2.24) is 5.32 Å². The average molecular weight is 248 g/mol. The van der Waals surface area contributed by atoms with E-state index in [1.54, 1.807) is 0 Å². The lowest BCUT2D eigenvalue weighted by Crippen LogP contribution is -2.56. The summed E-state index contributed by atoms with van der Waals surface area (Å²) in [5.41, 5.74) is 5.25. The van der Waals surface area contributed by atoms with Crippen molar-refractivity contribution < 1.29 is 13.6 Å². The molecule has 0 bridgehead atoms. The maximum atomic E-state index is 13.0. The third-order valence-electron chi connectivity index (χ3n) is 3.67. The van der Waals surface area contributed by atoms with Gasteiger partial charge in [-0.2, -0.15) is 0 Å². The van der Waals surface area contributed by atoms with Crippen molar-refractivity contribution in [2.75, 3.05) is 0 Å². The smallest absolute Gasteiger partial charge is 0.248 e. The van der Waals surface area contributed by atoms with Crippen molar-refractivity contribution in [3.63, 3.8) is 0 Å². The Hall–Kier alpha value is -0.710. The van der Waals surface area contributed by atoms with Crippen molar-refractivity contribution in [2.24, 2.45) is 11.7 Å². The Bertz CT molecular complexity index is 280. The Balaban J connectivity index is 2.50. The predicted molar refractivity (Wildman–Crippen MR) is 62.8 cm³/mol. The zero-order valence-electron chi connectivity index (χ0n) is 10.7. The molecule has 17 heavy (non-hydrogen) atoms. The van der Waals surface area contributed by atoms with Crippen molar-refractivity contribution in [3.05, 3.63) is 0 Å². The summed E-state index contributed by atoms with van der Waals surface area (Å²) in [4.78, 5) is 11.9. The van der Waals surface area contributed by atoms with E-state index in [4.69, 9.17) is 5.73 Å². The van der Waals surface area contributed by atoms with E-state index in [-0.39, 0.29) is 43.6 Å². The minimum Gasteiger partial charge on any atom is -0.349 e. The highest BCUT2D eigenvalue weighted by Crippen LogP contribution is 2.36. The highest BCUT2D eigenvalue weighted by Gasteiger charge is 2.38. The molecule has 0 saturated heterocycles. The topological polar surface area (TPSA) is 55.1 Å². The lowest BCUT2D eigenvalue weighted by atomic mass is 9.85. The Morgan fingerprint density at radius 1 is 1.41 bits per heavy atom. The lowest BCUT2D eigenvalue weighted by molar-refractivity contribution is -0.131. The molecule has 0 aliphatic heterocycles. The van der Waals surface area contributed by atoms with E-state index in [2.05, 4.69) is 5.32 Å². The second-order valence-corrected chi connectivity index (χ2v) is 5.63. The Morgan fingerprint density at radius 2 is 1.88 bits per heavy atom. The van der Waals surface area contributed by atoms with Crippen molar-refractivity contribution in [1.29, 1.82) is 0 Å². The molecule has 1 aliphatic rings. The summed E-state index contributed by atoms with van der Waals surface area (Å²) in [6.07, 6.45) is 0.134. The normalized spacial score (nSPS) is 23.2. The van der Waals surface area contributed by atoms with E-state index >= 15 is 0 Å². The number of carbonyl (C=O) groups is 1. The SMILES string of the molecule is CC(N)C(C)(C)NC(=O)C1CCC(F)(F)CC1. The number of hydrogen-bond acceptors (Lipinski definition) is 2. The van der Waals surface area contributed by atoms with Crippen molar-refractivity contribution in [3.8, 4) is 0 Å². The molecular formula is C12H22F2N2O. The van der Waals surface area contributed by atoms with E-state index < -0.39 is 11.5 Å². The van der Waals surface area contributed by atoms with Gasteiger partial charge in [0.05, 0.1) is 0 Å². The minimum absolute atomic E-state index is 0.150. The highest BCUT2D eigenvalue weighted by molar-refractivity contribution is 5.79. The Morgan fingerprint density at radius 3 is 2.29 bits per heavy atom. The zero-order chi connectivity index (χ0) is 13.3. The summed E-state index contributed by atoms with van der Waals surface area (Å²) in [6, 6.07) is -0.184. The number of hydrogen-bond donors (Lipinski definition) is 2. The summed E-state index contributed by atoms with van der Waals surface area (Å²) in [5, 5.41) is 2.84. The monoisotopic (exact) mass is 248 g/mol. The van der Waals surface area contributed by atoms with Gasteiger partial charge in [-0.15, -0.1) is 0 Å². The molecule has 1 amide bonds. The van der Waals surface area contributed by atoms with Gasteiger partial charge >= 0.3 is 0 Å². The molecule has 1 saturated carbocycles. The fourth-order valence-electron chi connectivity index (χ4n) is 1.84. The Labute approximate surface area is 101 Å². The molecule has 1 atom stereocenters. The number of rotatable bonds is 3. The third kappa shape index (κ3) is 3.91. The van der Waals surface area contributed by atoms with Gasteiger partial charge in [0.1, 0.15) is 0 Å². The molecular weight excluding hydrogens is 226 g/mol. The maximum absolute atomic E-state index is 13.0. The summed E-state index contributed by atoms with van der Waals surface area (Å²) < 4.78 is 25.9. The van der Waals surface area contributed by atoms with Crippen LogP contribution < -0.4 is 11.1 Å². The number of halogens is 2. The van der Waals surface area contributed by atoms with Crippen LogP contribution in [0.3, 0.4) is 0 Å². The molecule has 3 N–H and O–H groups in total. The number of amides is 1. The molecule has 1 aliphatic carbocycles. The highest BCUT2D eigenvalue weighted by atomic mass is 19.3. The number of carbonyl (C=O) groups excluding carboxylic acids is 1. The number of nitrogens with one attached hydrogen (secondary N) is 1. The quantitative estimate of drug-likeness (QED) is 0.803. The van der Waals surface area contributed by atoms with Gasteiger partial charge in [-0.25, -0.2) is 8.78 Å². The van der Waals surface area contributed by atoms with E-state index in [0.29, 0.717) is 0 Å². The summed E-state index contributed by atoms with van der Waals surface area (Å²) in [5.74, 6) is -3.04. The lowest BCUT2D eigenvalue weighted by Gasteiger charge is -2.34. The first-order valence-corrected chi connectivity index (χ1v) is 6.09. The second-order valence-electron chi connectivity index (χ2n) is 5.63. The zero-order valence-corrected chi connectivity index (χ0v) is 10.7. The summed E-state index contributed by atoms with van der Waals surface area (Å²) >= 11 is 0. The van der Waals surface area contributed by atoms with Gasteiger partial charge in [0.2, 0.25) is 11.8 Å². The van der Waals surface area contributed by atoms with Gasteiger partial charge in [-0.1, -0.05) is 0 Å². The fraction of sp³-hybridized carbons (Fsp3) is 0.917. The molecule has 0 heterocycles. The van der Waals surface area contributed by atoms with Gasteiger partial charge in [0.25, 0.3) is 0 Å². The van der Waals surface area contributed by atoms with E-state index in [9.17, 15) is 13.6 Å². The Kier molecular flexibility index (Phi) is 4.12. The van der Waals surface area contributed by atoms with Crippen LogP contribution in [0.25, 0.3) is 0 Å². The number of nitrogens with two attached hydrogens (primary N) is 1. The summed E-state index contributed by atoms with van der Waals surface area (Å²) in [6.45, 7) is 5.50. The van der Waals surface area contributed by atoms with Gasteiger partial charge in [0, 0.05) is 30.3 Å². The summed E-state index contributed by atoms with van der Waals surface area (Å²) in [7, 11) is 0. The molecule has 1 unspecified atom stereocenters. The maximum Gasteiger partial charge on any atom is 0.248 e. The first kappa shape index (κ1) is 14.4. The van der Waals surface area contributed by atoms with Crippen LogP contribution >= 0.6 is 0 Å². The molecule has 5 heteroatoms. The molecule has 1 rings (SSSR count). The van der Waals surface area contributed by atoms with Crippen LogP contribution in [0.2, 0.25) is 0 Å². The van der Waals surface area contributed by atoms with Gasteiger partial charge in [-0.3, -0.25) is 4.79 Å². The molecule has 0 radical (unpaired) electrons. The fourth-order valence-corrected chi connectivity index (χ4v) is 1.84. The predicted octanol–water partition coefficient (Wildman–Crippen LogP) is 2.05. The molecule has 0 aromatic carbocycles. The van der Waals surface area contributed by atoms with Crippen LogP contribution in [-0.2, 0) is 4.79 Å². The van der Waals surface area contributed by atoms with Gasteiger partial charge < -0.3 is 11.1 Å². The van der Waals surface area contributed by atoms with Crippen molar-refractivity contribution >= 4 is 5.91 Å². The van der Waals surface area contributed by atoms with E-state index in [1.807, 2.05) is 20.8 Å². The van der Waals surface area contributed by atoms with E-state index in [0.717, 1.165) is 0 Å². The van der Waals surface area contributed by atoms with Gasteiger partial charge in [0.15, 0.2) is 0 Å². The molecule has 3 nitrogen and oxygen atoms in total. The van der Waals surface area contributed by atoms with Crippen LogP contribution in [0.4, 0.5) is 8.78 Å². The first-order valence-electron chi connectivity index (χ1n) is 6.09. The first-order chi connectivity index (χ1) is 7.64. The van der Waals surface area contributed by atoms with Gasteiger partial charge in [-0.05, 0) is 33.6 Å². The van der Waals surface area contributed by atoms with Crippen LogP contribution in [0.15, 0.2) is 0 Å². The van der Waals surface area contributed by atoms with Crippen LogP contribution in [-0.4, -0.2) is 23.4 Å². The van der Waals surface area contributed by atoms with Crippen LogP contribution in [0.5, 0.6) is 0 Å². The molecule has 100 valence electrons. The van der Waals surface area contributed by atoms with Crippen molar-refractivity contribution in [2.45, 2.75) is 64.0 Å². The minimum atomic E-state index is -2.59. The average Bonchev–Trinajstić information content (AvgIpc) is 2.16. The number of alkyl halides is 2. The van der Waals surface area contributed by atoms with Crippen LogP contribution in [0.1, 0.15) is 46.5 Å². The molecule has 0 aromatic rings. The van der Waals surface area contributed by atoms with Crippen LogP contribution in [0, 0.1) is 5.92 Å². The van der Waals surface area contributed by atoms with E-state index in [1.165, 1.54) is 0 Å². The standard InChI is InChI=1S/C12H22F2N2O/c1-8(15)11(2,3)16-10(17)9-4-6-12(13,14)7-5-9/h8-9H,4-7,15H2,1-3H3,(H,16,17). The molecule has 1 fully saturated rings. The second kappa shape index (κ2) is 4.88.